The molecule has 0 saturated heterocycles. The van der Waals surface area contributed by atoms with E-state index in [1.54, 1.807) is 0 Å². The first kappa shape index (κ1) is 22.9. The normalized spacial score (nSPS) is 15.5. The van der Waals surface area contributed by atoms with Crippen molar-refractivity contribution in [2.24, 2.45) is 5.73 Å². The van der Waals surface area contributed by atoms with Crippen LogP contribution in [0.5, 0.6) is 11.5 Å². The van der Waals surface area contributed by atoms with Gasteiger partial charge in [0.1, 0.15) is 0 Å². The minimum Gasteiger partial charge on any atom is -0.490 e. The lowest BCUT2D eigenvalue weighted by Gasteiger charge is -2.21. The Bertz CT molecular complexity index is 562. The van der Waals surface area contributed by atoms with Crippen molar-refractivity contribution in [1.82, 2.24) is 5.32 Å². The maximum atomic E-state index is 11.0. The third-order valence-electron chi connectivity index (χ3n) is 4.43. The molecule has 0 radical (unpaired) electrons. The van der Waals surface area contributed by atoms with E-state index in [9.17, 15) is 4.79 Å². The van der Waals surface area contributed by atoms with Gasteiger partial charge >= 0.3 is 0 Å². The fourth-order valence-corrected chi connectivity index (χ4v) is 3.48. The Labute approximate surface area is 167 Å². The molecule has 0 spiro atoms. The van der Waals surface area contributed by atoms with Crippen LogP contribution in [0.1, 0.15) is 57.4 Å². The van der Waals surface area contributed by atoms with Gasteiger partial charge in [0.2, 0.25) is 0 Å². The summed E-state index contributed by atoms with van der Waals surface area (Å²) in [5.74, 6) is 0.372. The molecular weight excluding hydrogens is 375 g/mol. The Morgan fingerprint density at radius 2 is 1.85 bits per heavy atom. The quantitative estimate of drug-likeness (QED) is 0.679. The predicted molar refractivity (Wildman–Crippen MR) is 108 cm³/mol. The second-order valence-corrected chi connectivity index (χ2v) is 6.92. The highest BCUT2D eigenvalue weighted by molar-refractivity contribution is 6.32. The second-order valence-electron chi connectivity index (χ2n) is 6.52. The van der Waals surface area contributed by atoms with Gasteiger partial charge in [-0.1, -0.05) is 43.7 Å². The van der Waals surface area contributed by atoms with Crippen molar-refractivity contribution in [3.8, 4) is 11.5 Å². The van der Waals surface area contributed by atoms with Gasteiger partial charge in [-0.05, 0) is 37.5 Å². The molecule has 0 aromatic heterocycles. The van der Waals surface area contributed by atoms with Crippen molar-refractivity contribution in [2.45, 2.75) is 64.5 Å². The summed E-state index contributed by atoms with van der Waals surface area (Å²) < 4.78 is 11.0. The molecule has 1 aromatic carbocycles. The third-order valence-corrected chi connectivity index (χ3v) is 4.71. The number of halogens is 2. The van der Waals surface area contributed by atoms with Crippen LogP contribution in [-0.2, 0) is 11.3 Å². The molecule has 1 aliphatic carbocycles. The van der Waals surface area contributed by atoms with Gasteiger partial charge in [0.15, 0.2) is 18.1 Å². The number of primary amides is 1. The number of carbonyl (C=O) groups is 1. The van der Waals surface area contributed by atoms with Crippen LogP contribution in [0.15, 0.2) is 12.1 Å². The second kappa shape index (κ2) is 12.3. The first-order chi connectivity index (χ1) is 12.1. The lowest BCUT2D eigenvalue weighted by atomic mass is 9.96. The van der Waals surface area contributed by atoms with Gasteiger partial charge < -0.3 is 20.5 Å². The van der Waals surface area contributed by atoms with Gasteiger partial charge in [0, 0.05) is 12.6 Å². The zero-order valence-corrected chi connectivity index (χ0v) is 17.0. The molecule has 1 fully saturated rings. The first-order valence-corrected chi connectivity index (χ1v) is 9.57. The summed E-state index contributed by atoms with van der Waals surface area (Å²) in [7, 11) is 0. The van der Waals surface area contributed by atoms with Gasteiger partial charge in [-0.15, -0.1) is 12.4 Å². The van der Waals surface area contributed by atoms with Crippen LogP contribution in [0.2, 0.25) is 5.02 Å². The molecule has 1 aliphatic rings. The maximum Gasteiger partial charge on any atom is 0.255 e. The number of nitrogens with one attached hydrogen (secondary N) is 1. The van der Waals surface area contributed by atoms with Crippen LogP contribution in [0.3, 0.4) is 0 Å². The lowest BCUT2D eigenvalue weighted by Crippen LogP contribution is -2.29. The SMILES string of the molecule is CCOc1cc(CNC2CCCCCCC2)cc(Cl)c1OCC(N)=O.Cl. The van der Waals surface area contributed by atoms with Crippen molar-refractivity contribution >= 4 is 29.9 Å². The molecule has 1 saturated carbocycles. The highest BCUT2D eigenvalue weighted by Gasteiger charge is 2.15. The van der Waals surface area contributed by atoms with Gasteiger partial charge in [-0.2, -0.15) is 0 Å². The number of hydrogen-bond acceptors (Lipinski definition) is 4. The summed E-state index contributed by atoms with van der Waals surface area (Å²) in [6.07, 6.45) is 9.09. The highest BCUT2D eigenvalue weighted by atomic mass is 35.5. The topological polar surface area (TPSA) is 73.6 Å². The molecule has 0 bridgehead atoms. The molecule has 7 heteroatoms. The molecular formula is C19H30Cl2N2O3. The van der Waals surface area contributed by atoms with Crippen LogP contribution >= 0.6 is 24.0 Å². The van der Waals surface area contributed by atoms with E-state index in [0.717, 1.165) is 12.1 Å². The minimum absolute atomic E-state index is 0. The number of nitrogens with two attached hydrogens (primary N) is 1. The fraction of sp³-hybridized carbons (Fsp3) is 0.632. The van der Waals surface area contributed by atoms with Crippen LogP contribution in [0.25, 0.3) is 0 Å². The van der Waals surface area contributed by atoms with E-state index in [1.165, 1.54) is 44.9 Å². The molecule has 148 valence electrons. The molecule has 1 amide bonds. The molecule has 5 nitrogen and oxygen atoms in total. The van der Waals surface area contributed by atoms with E-state index in [0.29, 0.717) is 29.2 Å². The van der Waals surface area contributed by atoms with E-state index >= 15 is 0 Å². The standard InChI is InChI=1S/C19H29ClN2O3.ClH/c1-2-24-17-11-14(10-16(20)19(17)25-13-18(21)23)12-22-15-8-6-4-3-5-7-9-15;/h10-11,15,22H,2-9,12-13H2,1H3,(H2,21,23);1H. The van der Waals surface area contributed by atoms with Crippen molar-refractivity contribution in [3.05, 3.63) is 22.7 Å². The van der Waals surface area contributed by atoms with Gasteiger partial charge in [-0.25, -0.2) is 0 Å². The summed E-state index contributed by atoms with van der Waals surface area (Å²) in [6.45, 7) is 2.90. The Morgan fingerprint density at radius 3 is 2.46 bits per heavy atom. The van der Waals surface area contributed by atoms with Crippen molar-refractivity contribution in [1.29, 1.82) is 0 Å². The molecule has 0 unspecified atom stereocenters. The number of rotatable bonds is 8. The van der Waals surface area contributed by atoms with E-state index in [-0.39, 0.29) is 19.0 Å². The van der Waals surface area contributed by atoms with Gasteiger partial charge in [0.25, 0.3) is 5.91 Å². The Kier molecular flexibility index (Phi) is 10.8. The molecule has 2 rings (SSSR count). The van der Waals surface area contributed by atoms with Crippen LogP contribution in [0.4, 0.5) is 0 Å². The van der Waals surface area contributed by atoms with Crippen molar-refractivity contribution in [2.75, 3.05) is 13.2 Å². The molecule has 1 aromatic rings. The average Bonchev–Trinajstić information content (AvgIpc) is 2.53. The number of carbonyl (C=O) groups excluding carboxylic acids is 1. The van der Waals surface area contributed by atoms with E-state index in [2.05, 4.69) is 5.32 Å². The number of ether oxygens (including phenoxy) is 2. The van der Waals surface area contributed by atoms with Crippen LogP contribution in [-0.4, -0.2) is 25.2 Å². The number of hydrogen-bond donors (Lipinski definition) is 2. The third kappa shape index (κ3) is 7.60. The van der Waals surface area contributed by atoms with E-state index in [1.807, 2.05) is 19.1 Å². The van der Waals surface area contributed by atoms with Gasteiger partial charge in [-0.3, -0.25) is 4.79 Å². The monoisotopic (exact) mass is 404 g/mol. The molecule has 26 heavy (non-hydrogen) atoms. The maximum absolute atomic E-state index is 11.0. The first-order valence-electron chi connectivity index (χ1n) is 9.20. The summed E-state index contributed by atoms with van der Waals surface area (Å²) in [6, 6.07) is 4.33. The number of amides is 1. The predicted octanol–water partition coefficient (Wildman–Crippen LogP) is 4.23. The largest absolute Gasteiger partial charge is 0.490 e. The summed E-state index contributed by atoms with van der Waals surface area (Å²) in [4.78, 5) is 11.0. The van der Waals surface area contributed by atoms with Crippen LogP contribution in [0, 0.1) is 0 Å². The van der Waals surface area contributed by atoms with Gasteiger partial charge in [0.05, 0.1) is 11.6 Å². The highest BCUT2D eigenvalue weighted by Crippen LogP contribution is 2.36. The summed E-state index contributed by atoms with van der Waals surface area (Å²) in [5, 5.41) is 4.07. The average molecular weight is 405 g/mol. The molecule has 0 atom stereocenters. The molecule has 0 aliphatic heterocycles. The van der Waals surface area contributed by atoms with Crippen molar-refractivity contribution in [3.63, 3.8) is 0 Å². The Balaban J connectivity index is 0.00000338. The summed E-state index contributed by atoms with van der Waals surface area (Å²) in [5.41, 5.74) is 6.18. The Hall–Kier alpha value is -1.17. The minimum atomic E-state index is -0.548. The summed E-state index contributed by atoms with van der Waals surface area (Å²) >= 11 is 6.34. The lowest BCUT2D eigenvalue weighted by molar-refractivity contribution is -0.119. The zero-order valence-electron chi connectivity index (χ0n) is 15.4. The van der Waals surface area contributed by atoms with E-state index in [4.69, 9.17) is 26.8 Å². The smallest absolute Gasteiger partial charge is 0.255 e. The molecule has 3 N–H and O–H groups in total. The zero-order chi connectivity index (χ0) is 18.1. The van der Waals surface area contributed by atoms with Crippen molar-refractivity contribution < 1.29 is 14.3 Å². The number of benzene rings is 1. The fourth-order valence-electron chi connectivity index (χ4n) is 3.19. The Morgan fingerprint density at radius 1 is 1.19 bits per heavy atom. The van der Waals surface area contributed by atoms with Crippen LogP contribution < -0.4 is 20.5 Å². The van der Waals surface area contributed by atoms with E-state index < -0.39 is 5.91 Å². The molecule has 0 heterocycles.